The maximum Gasteiger partial charge on any atom is 0.290 e. The summed E-state index contributed by atoms with van der Waals surface area (Å²) in [7, 11) is 1.51. The van der Waals surface area contributed by atoms with Crippen LogP contribution in [0.25, 0.3) is 6.08 Å². The Morgan fingerprint density at radius 3 is 2.65 bits per heavy atom. The first-order valence-corrected chi connectivity index (χ1v) is 10.7. The van der Waals surface area contributed by atoms with Gasteiger partial charge in [0.1, 0.15) is 0 Å². The zero-order chi connectivity index (χ0) is 22.0. The van der Waals surface area contributed by atoms with E-state index in [4.69, 9.17) is 9.47 Å². The summed E-state index contributed by atoms with van der Waals surface area (Å²) < 4.78 is 11.3. The molecule has 2 heterocycles. The molecule has 7 nitrogen and oxygen atoms in total. The summed E-state index contributed by atoms with van der Waals surface area (Å²) in [6.45, 7) is 2.96. The second-order valence-electron chi connectivity index (χ2n) is 7.30. The van der Waals surface area contributed by atoms with E-state index in [9.17, 15) is 14.4 Å². The van der Waals surface area contributed by atoms with E-state index in [1.54, 1.807) is 31.2 Å². The second kappa shape index (κ2) is 8.85. The highest BCUT2D eigenvalue weighted by atomic mass is 32.2. The van der Waals surface area contributed by atoms with Crippen LogP contribution in [0.4, 0.5) is 4.79 Å². The molecule has 1 fully saturated rings. The van der Waals surface area contributed by atoms with Crippen molar-refractivity contribution in [1.82, 2.24) is 10.2 Å². The molecule has 31 heavy (non-hydrogen) atoms. The maximum atomic E-state index is 12.9. The highest BCUT2D eigenvalue weighted by Crippen LogP contribution is 2.32. The topological polar surface area (TPSA) is 84.9 Å². The van der Waals surface area contributed by atoms with E-state index in [2.05, 4.69) is 11.4 Å². The zero-order valence-electron chi connectivity index (χ0n) is 17.2. The van der Waals surface area contributed by atoms with Gasteiger partial charge in [0.15, 0.2) is 17.6 Å². The first kappa shape index (κ1) is 21.0. The molecule has 0 aliphatic carbocycles. The molecule has 2 aliphatic rings. The van der Waals surface area contributed by atoms with Crippen molar-refractivity contribution in [2.24, 2.45) is 0 Å². The predicted octanol–water partition coefficient (Wildman–Crippen LogP) is 3.37. The minimum absolute atomic E-state index is 0.0831. The Labute approximate surface area is 184 Å². The zero-order valence-corrected chi connectivity index (χ0v) is 18.0. The lowest BCUT2D eigenvalue weighted by Gasteiger charge is -2.31. The van der Waals surface area contributed by atoms with Crippen LogP contribution in [-0.2, 0) is 22.6 Å². The van der Waals surface area contributed by atoms with Gasteiger partial charge in [0.2, 0.25) is 0 Å². The number of rotatable bonds is 5. The molecule has 1 saturated heterocycles. The van der Waals surface area contributed by atoms with E-state index in [0.29, 0.717) is 35.1 Å². The molecule has 2 aliphatic heterocycles. The van der Waals surface area contributed by atoms with Crippen LogP contribution in [-0.4, -0.2) is 41.7 Å². The van der Waals surface area contributed by atoms with E-state index in [1.807, 2.05) is 23.1 Å². The molecule has 0 aromatic heterocycles. The molecule has 1 atom stereocenters. The smallest absolute Gasteiger partial charge is 0.290 e. The molecule has 160 valence electrons. The van der Waals surface area contributed by atoms with Crippen LogP contribution in [0.1, 0.15) is 23.6 Å². The van der Waals surface area contributed by atoms with Crippen LogP contribution in [0.5, 0.6) is 11.5 Å². The number of methoxy groups -OCH3 is 1. The Morgan fingerprint density at radius 1 is 1.16 bits per heavy atom. The highest BCUT2D eigenvalue weighted by molar-refractivity contribution is 8.18. The fourth-order valence-corrected chi connectivity index (χ4v) is 4.31. The number of carbonyl (C=O) groups is 3. The number of fused-ring (bicyclic) bond motifs is 1. The van der Waals surface area contributed by atoms with Crippen LogP contribution >= 0.6 is 11.8 Å². The number of imide groups is 1. The molecule has 2 aromatic carbocycles. The average Bonchev–Trinajstić information content (AvgIpc) is 3.10. The third-order valence-electron chi connectivity index (χ3n) is 5.22. The van der Waals surface area contributed by atoms with Gasteiger partial charge in [-0.15, -0.1) is 0 Å². The average molecular weight is 439 g/mol. The van der Waals surface area contributed by atoms with Crippen molar-refractivity contribution >= 4 is 34.9 Å². The molecule has 0 unspecified atom stereocenters. The van der Waals surface area contributed by atoms with Crippen molar-refractivity contribution in [2.75, 3.05) is 13.7 Å². The molecule has 0 spiro atoms. The number of nitrogens with one attached hydrogen (secondary N) is 1. The lowest BCUT2D eigenvalue weighted by molar-refractivity contribution is -0.139. The van der Waals surface area contributed by atoms with Gasteiger partial charge >= 0.3 is 0 Å². The van der Waals surface area contributed by atoms with Gasteiger partial charge in [0, 0.05) is 13.1 Å². The van der Waals surface area contributed by atoms with Crippen LogP contribution in [0.3, 0.4) is 0 Å². The number of nitrogens with zero attached hydrogens (tertiary/aromatic N) is 1. The summed E-state index contributed by atoms with van der Waals surface area (Å²) in [5.41, 5.74) is 3.13. The monoisotopic (exact) mass is 438 g/mol. The third kappa shape index (κ3) is 4.59. The van der Waals surface area contributed by atoms with Gasteiger partial charge in [-0.05, 0) is 60.0 Å². The van der Waals surface area contributed by atoms with E-state index < -0.39 is 17.3 Å². The first-order valence-electron chi connectivity index (χ1n) is 9.89. The molecule has 1 N–H and O–H groups in total. The Bertz CT molecular complexity index is 1080. The largest absolute Gasteiger partial charge is 0.493 e. The SMILES string of the molecule is COc1cc(/C=C2\SC(=O)NC2=O)ccc1O[C@H](C)C(=O)N1CCc2ccccc2C1. The van der Waals surface area contributed by atoms with Crippen LogP contribution in [0.2, 0.25) is 0 Å². The first-order chi connectivity index (χ1) is 14.9. The number of hydrogen-bond donors (Lipinski definition) is 1. The van der Waals surface area contributed by atoms with Crippen molar-refractivity contribution in [3.63, 3.8) is 0 Å². The van der Waals surface area contributed by atoms with E-state index in [0.717, 1.165) is 23.7 Å². The van der Waals surface area contributed by atoms with Crippen molar-refractivity contribution in [3.05, 3.63) is 64.1 Å². The molecular formula is C23H22N2O5S. The molecule has 4 rings (SSSR count). The predicted molar refractivity (Wildman–Crippen MR) is 118 cm³/mol. The number of carbonyl (C=O) groups excluding carboxylic acids is 3. The summed E-state index contributed by atoms with van der Waals surface area (Å²) in [6.07, 6.45) is 1.75. The molecule has 3 amide bonds. The summed E-state index contributed by atoms with van der Waals surface area (Å²) in [5, 5.41) is 1.83. The summed E-state index contributed by atoms with van der Waals surface area (Å²) in [5.74, 6) is 0.368. The van der Waals surface area contributed by atoms with Crippen LogP contribution in [0, 0.1) is 0 Å². The van der Waals surface area contributed by atoms with Crippen LogP contribution in [0.15, 0.2) is 47.4 Å². The standard InChI is InChI=1S/C23H22N2O5S/c1-14(22(27)25-10-9-16-5-3-4-6-17(16)13-25)30-18-8-7-15(11-19(18)29-2)12-20-21(26)24-23(28)31-20/h3-8,11-12,14H,9-10,13H2,1-2H3,(H,24,26,28)/b20-12-/t14-/m1/s1. The molecular weight excluding hydrogens is 416 g/mol. The lowest BCUT2D eigenvalue weighted by Crippen LogP contribution is -2.43. The van der Waals surface area contributed by atoms with Crippen LogP contribution < -0.4 is 14.8 Å². The molecule has 0 radical (unpaired) electrons. The molecule has 2 aromatic rings. The molecule has 0 bridgehead atoms. The Morgan fingerprint density at radius 2 is 1.94 bits per heavy atom. The Hall–Kier alpha value is -3.26. The number of ether oxygens (including phenoxy) is 2. The Kier molecular flexibility index (Phi) is 5.99. The number of thioether (sulfide) groups is 1. The van der Waals surface area contributed by atoms with Gasteiger partial charge in [-0.2, -0.15) is 0 Å². The van der Waals surface area contributed by atoms with E-state index in [-0.39, 0.29) is 5.91 Å². The van der Waals surface area contributed by atoms with Gasteiger partial charge in [0.25, 0.3) is 17.1 Å². The number of benzene rings is 2. The van der Waals surface area contributed by atoms with Gasteiger partial charge in [-0.3, -0.25) is 19.7 Å². The summed E-state index contributed by atoms with van der Waals surface area (Å²) in [6, 6.07) is 13.3. The molecule has 8 heteroatoms. The summed E-state index contributed by atoms with van der Waals surface area (Å²) in [4.78, 5) is 38.1. The minimum Gasteiger partial charge on any atom is -0.493 e. The van der Waals surface area contributed by atoms with Crippen molar-refractivity contribution < 1.29 is 23.9 Å². The normalized spacial score (nSPS) is 17.9. The number of amides is 3. The lowest BCUT2D eigenvalue weighted by atomic mass is 9.99. The van der Waals surface area contributed by atoms with Crippen molar-refractivity contribution in [2.45, 2.75) is 26.0 Å². The number of hydrogen-bond acceptors (Lipinski definition) is 6. The quantitative estimate of drug-likeness (QED) is 0.721. The van der Waals surface area contributed by atoms with E-state index >= 15 is 0 Å². The maximum absolute atomic E-state index is 12.9. The van der Waals surface area contributed by atoms with Gasteiger partial charge in [-0.1, -0.05) is 30.3 Å². The molecule has 0 saturated carbocycles. The van der Waals surface area contributed by atoms with Gasteiger partial charge < -0.3 is 14.4 Å². The van der Waals surface area contributed by atoms with Gasteiger partial charge in [0.05, 0.1) is 12.0 Å². The fourth-order valence-electron chi connectivity index (χ4n) is 3.63. The third-order valence-corrected chi connectivity index (χ3v) is 6.03. The van der Waals surface area contributed by atoms with Crippen molar-refractivity contribution in [3.8, 4) is 11.5 Å². The van der Waals surface area contributed by atoms with E-state index in [1.165, 1.54) is 12.7 Å². The fraction of sp³-hybridized carbons (Fsp3) is 0.261. The second-order valence-corrected chi connectivity index (χ2v) is 8.32. The van der Waals surface area contributed by atoms with Gasteiger partial charge in [-0.25, -0.2) is 0 Å². The Balaban J connectivity index is 1.46. The minimum atomic E-state index is -0.683. The van der Waals surface area contributed by atoms with Crippen molar-refractivity contribution in [1.29, 1.82) is 0 Å². The highest BCUT2D eigenvalue weighted by Gasteiger charge is 2.27. The summed E-state index contributed by atoms with van der Waals surface area (Å²) >= 11 is 0.851.